The first-order chi connectivity index (χ1) is 8.34. The highest BCUT2D eigenvalue weighted by Gasteiger charge is 2.50. The Morgan fingerprint density at radius 2 is 2.11 bits per heavy atom. The van der Waals surface area contributed by atoms with Gasteiger partial charge in [-0.05, 0) is 13.8 Å². The van der Waals surface area contributed by atoms with Crippen molar-refractivity contribution in [2.75, 3.05) is 13.7 Å². The van der Waals surface area contributed by atoms with E-state index in [1.54, 1.807) is 0 Å². The second-order valence-corrected chi connectivity index (χ2v) is 3.67. The maximum Gasteiger partial charge on any atom is 0.318 e. The lowest BCUT2D eigenvalue weighted by Gasteiger charge is -2.29. The molecule has 0 bridgehead atoms. The number of amides is 1. The van der Waals surface area contributed by atoms with Gasteiger partial charge in [-0.2, -0.15) is 0 Å². The van der Waals surface area contributed by atoms with Gasteiger partial charge < -0.3 is 15.3 Å². The van der Waals surface area contributed by atoms with Gasteiger partial charge in [0.2, 0.25) is 5.91 Å². The fraction of sp³-hybridized carbons (Fsp3) is 0.700. The van der Waals surface area contributed by atoms with Crippen molar-refractivity contribution in [1.82, 2.24) is 5.32 Å². The fourth-order valence-corrected chi connectivity index (χ4v) is 1.47. The first-order valence-corrected chi connectivity index (χ1v) is 5.20. The van der Waals surface area contributed by atoms with E-state index in [2.05, 4.69) is 9.89 Å². The molecule has 0 spiro atoms. The Morgan fingerprint density at radius 1 is 1.56 bits per heavy atom. The summed E-state index contributed by atoms with van der Waals surface area (Å²) < 4.78 is 30.5. The Balaban J connectivity index is 5.52. The van der Waals surface area contributed by atoms with Crippen LogP contribution >= 0.6 is 0 Å². The van der Waals surface area contributed by atoms with Crippen LogP contribution in [0, 0.1) is 11.3 Å². The molecule has 0 aliphatic heterocycles. The third-order valence-corrected chi connectivity index (χ3v) is 2.47. The second kappa shape index (κ2) is 6.87. The van der Waals surface area contributed by atoms with E-state index in [0.717, 1.165) is 6.92 Å². The number of alkyl halides is 2. The van der Waals surface area contributed by atoms with Crippen molar-refractivity contribution in [3.63, 3.8) is 0 Å². The molecule has 8 heteroatoms. The van der Waals surface area contributed by atoms with Crippen LogP contribution in [0.3, 0.4) is 0 Å². The van der Waals surface area contributed by atoms with Gasteiger partial charge >= 0.3 is 5.97 Å². The van der Waals surface area contributed by atoms with Crippen molar-refractivity contribution in [2.24, 2.45) is 16.5 Å². The van der Waals surface area contributed by atoms with E-state index in [9.17, 15) is 18.4 Å². The first-order valence-electron chi connectivity index (χ1n) is 5.20. The Bertz CT molecular complexity index is 336. The summed E-state index contributed by atoms with van der Waals surface area (Å²) in [6, 6.07) is 0. The first kappa shape index (κ1) is 16.3. The molecule has 0 aromatic rings. The maximum atomic E-state index is 12.9. The lowest BCUT2D eigenvalue weighted by Crippen LogP contribution is -2.49. The van der Waals surface area contributed by atoms with Crippen molar-refractivity contribution >= 4 is 18.1 Å². The van der Waals surface area contributed by atoms with Gasteiger partial charge in [-0.1, -0.05) is 0 Å². The number of rotatable bonds is 6. The van der Waals surface area contributed by atoms with Crippen LogP contribution in [0.15, 0.2) is 5.16 Å². The molecule has 0 heterocycles. The molecular formula is C10H16F2N2O4. The van der Waals surface area contributed by atoms with Gasteiger partial charge in [0.1, 0.15) is 11.3 Å². The highest BCUT2D eigenvalue weighted by atomic mass is 19.3. The van der Waals surface area contributed by atoms with E-state index in [4.69, 9.17) is 5.21 Å². The van der Waals surface area contributed by atoms with E-state index < -0.39 is 29.6 Å². The quantitative estimate of drug-likeness (QED) is 0.319. The third kappa shape index (κ3) is 3.38. The van der Waals surface area contributed by atoms with Crippen LogP contribution in [0.1, 0.15) is 13.8 Å². The number of hydrogen-bond acceptors (Lipinski definition) is 5. The van der Waals surface area contributed by atoms with Crippen molar-refractivity contribution in [2.45, 2.75) is 20.3 Å². The van der Waals surface area contributed by atoms with Crippen molar-refractivity contribution in [3.05, 3.63) is 0 Å². The van der Waals surface area contributed by atoms with Gasteiger partial charge in [-0.25, -0.2) is 8.78 Å². The molecule has 6 nitrogen and oxygen atoms in total. The molecule has 2 unspecified atom stereocenters. The lowest BCUT2D eigenvalue weighted by molar-refractivity contribution is -0.160. The molecule has 104 valence electrons. The largest absolute Gasteiger partial charge is 0.465 e. The van der Waals surface area contributed by atoms with Gasteiger partial charge in [0.25, 0.3) is 6.43 Å². The van der Waals surface area contributed by atoms with E-state index >= 15 is 0 Å². The molecule has 0 radical (unpaired) electrons. The molecule has 1 amide bonds. The molecule has 0 rings (SSSR count). The topological polar surface area (TPSA) is 88.0 Å². The smallest absolute Gasteiger partial charge is 0.318 e. The van der Waals surface area contributed by atoms with Crippen LogP contribution in [0.25, 0.3) is 0 Å². The normalized spacial score (nSPS) is 16.3. The van der Waals surface area contributed by atoms with Crippen molar-refractivity contribution < 1.29 is 28.3 Å². The predicted molar refractivity (Wildman–Crippen MR) is 58.6 cm³/mol. The molecule has 2 N–H and O–H groups in total. The Labute approximate surface area is 103 Å². The lowest BCUT2D eigenvalue weighted by atomic mass is 9.77. The zero-order valence-corrected chi connectivity index (χ0v) is 10.3. The van der Waals surface area contributed by atoms with E-state index in [1.165, 1.54) is 14.0 Å². The van der Waals surface area contributed by atoms with E-state index in [-0.39, 0.29) is 6.61 Å². The van der Waals surface area contributed by atoms with E-state index in [1.807, 2.05) is 5.32 Å². The van der Waals surface area contributed by atoms with Crippen LogP contribution in [-0.2, 0) is 14.3 Å². The number of nitrogens with zero attached hydrogens (tertiary/aromatic N) is 1. The monoisotopic (exact) mass is 266 g/mol. The number of carbonyl (C=O) groups is 2. The minimum Gasteiger partial charge on any atom is -0.465 e. The molecule has 0 aliphatic rings. The van der Waals surface area contributed by atoms with Crippen LogP contribution in [-0.4, -0.2) is 43.4 Å². The maximum absolute atomic E-state index is 12.9. The Hall–Kier alpha value is -1.73. The summed E-state index contributed by atoms with van der Waals surface area (Å²) >= 11 is 0. The summed E-state index contributed by atoms with van der Waals surface area (Å²) in [5, 5.41) is 13.1. The standard InChI is InChI=1S/C10H16F2N2O4/c1-4-18-9(16)10(2,5-14-17)6(7(11)12)8(15)13-3/h5-7,17H,4H2,1-3H3,(H,13,15). The molecule has 0 fully saturated rings. The van der Waals surface area contributed by atoms with Gasteiger partial charge in [-0.15, -0.1) is 5.16 Å². The number of halogens is 2. The molecule has 0 aromatic heterocycles. The number of nitrogens with one attached hydrogen (secondary N) is 1. The fourth-order valence-electron chi connectivity index (χ4n) is 1.47. The summed E-state index contributed by atoms with van der Waals surface area (Å²) in [6.07, 6.45) is -2.53. The molecule has 0 aliphatic carbocycles. The van der Waals surface area contributed by atoms with Crippen LogP contribution in [0.5, 0.6) is 0 Å². The SMILES string of the molecule is CCOC(=O)C(C)(C=NO)C(C(=O)NC)C(F)F. The summed E-state index contributed by atoms with van der Waals surface area (Å²) in [4.78, 5) is 23.1. The van der Waals surface area contributed by atoms with Gasteiger partial charge in [0.05, 0.1) is 12.8 Å². The van der Waals surface area contributed by atoms with Crippen LogP contribution in [0.4, 0.5) is 8.78 Å². The van der Waals surface area contributed by atoms with Gasteiger partial charge in [-0.3, -0.25) is 9.59 Å². The number of carbonyl (C=O) groups excluding carboxylic acids is 2. The minimum atomic E-state index is -3.11. The molecule has 0 saturated carbocycles. The van der Waals surface area contributed by atoms with Crippen LogP contribution < -0.4 is 5.32 Å². The molecule has 0 saturated heterocycles. The average molecular weight is 266 g/mol. The Morgan fingerprint density at radius 3 is 2.44 bits per heavy atom. The zero-order valence-electron chi connectivity index (χ0n) is 10.3. The summed E-state index contributed by atoms with van der Waals surface area (Å²) in [7, 11) is 1.17. The second-order valence-electron chi connectivity index (χ2n) is 3.67. The van der Waals surface area contributed by atoms with Crippen LogP contribution in [0.2, 0.25) is 0 Å². The number of esters is 1. The third-order valence-electron chi connectivity index (χ3n) is 2.47. The van der Waals surface area contributed by atoms with Gasteiger partial charge in [0, 0.05) is 7.05 Å². The van der Waals surface area contributed by atoms with Crippen molar-refractivity contribution in [1.29, 1.82) is 0 Å². The summed E-state index contributed by atoms with van der Waals surface area (Å²) in [5.74, 6) is -4.10. The molecule has 0 aromatic carbocycles. The molecule has 2 atom stereocenters. The minimum absolute atomic E-state index is 0.0443. The predicted octanol–water partition coefficient (Wildman–Crippen LogP) is 0.643. The summed E-state index contributed by atoms with van der Waals surface area (Å²) in [6.45, 7) is 2.50. The zero-order chi connectivity index (χ0) is 14.3. The van der Waals surface area contributed by atoms with Gasteiger partial charge in [0.15, 0.2) is 0 Å². The molecule has 18 heavy (non-hydrogen) atoms. The Kier molecular flexibility index (Phi) is 6.21. The van der Waals surface area contributed by atoms with Crippen molar-refractivity contribution in [3.8, 4) is 0 Å². The summed E-state index contributed by atoms with van der Waals surface area (Å²) in [5.41, 5.74) is -2.04. The number of oxime groups is 1. The highest BCUT2D eigenvalue weighted by molar-refractivity contribution is 6.00. The average Bonchev–Trinajstić information content (AvgIpc) is 2.28. The number of ether oxygens (including phenoxy) is 1. The molecular weight excluding hydrogens is 250 g/mol. The highest BCUT2D eigenvalue weighted by Crippen LogP contribution is 2.32. The van der Waals surface area contributed by atoms with E-state index in [0.29, 0.717) is 6.21 Å². The number of hydrogen-bond donors (Lipinski definition) is 2.